The van der Waals surface area contributed by atoms with Crippen LogP contribution < -0.4 is 0 Å². The maximum Gasteiger partial charge on any atom is 0.168 e. The van der Waals surface area contributed by atoms with Crippen LogP contribution in [0, 0.1) is 5.41 Å². The van der Waals surface area contributed by atoms with E-state index in [2.05, 4.69) is 11.7 Å². The molecular formula is C20H24ClNO3. The summed E-state index contributed by atoms with van der Waals surface area (Å²) in [6.07, 6.45) is 2.36. The summed E-state index contributed by atoms with van der Waals surface area (Å²) in [5.41, 5.74) is 1.15. The highest BCUT2D eigenvalue weighted by Gasteiger charge is 2.44. The zero-order valence-electron chi connectivity index (χ0n) is 14.9. The number of nitrogens with zero attached hydrogens (tertiary/aromatic N) is 1. The molecule has 0 fully saturated rings. The first-order valence-corrected chi connectivity index (χ1v) is 8.71. The second-order valence-corrected chi connectivity index (χ2v) is 7.25. The Hall–Kier alpha value is -2.07. The summed E-state index contributed by atoms with van der Waals surface area (Å²) in [6, 6.07) is 7.38. The monoisotopic (exact) mass is 361 g/mol. The van der Waals surface area contributed by atoms with Gasteiger partial charge in [-0.2, -0.15) is 0 Å². The number of hydrogen-bond acceptors (Lipinski definition) is 4. The quantitative estimate of drug-likeness (QED) is 0.328. The second kappa shape index (κ2) is 7.87. The number of hydrogen-bond donors (Lipinski definition) is 1. The zero-order chi connectivity index (χ0) is 18.6. The Morgan fingerprint density at radius 3 is 2.84 bits per heavy atom. The van der Waals surface area contributed by atoms with Gasteiger partial charge in [-0.05, 0) is 29.5 Å². The molecule has 1 atom stereocenters. The molecule has 4 nitrogen and oxygen atoms in total. The molecule has 1 aromatic rings. The Balaban J connectivity index is 2.57. The number of allylic oxidation sites excluding steroid dienone is 2. The van der Waals surface area contributed by atoms with Crippen molar-refractivity contribution >= 4 is 23.1 Å². The maximum atomic E-state index is 12.7. The van der Waals surface area contributed by atoms with Gasteiger partial charge in [0.1, 0.15) is 12.4 Å². The summed E-state index contributed by atoms with van der Waals surface area (Å²) in [7, 11) is 0. The van der Waals surface area contributed by atoms with Crippen molar-refractivity contribution < 1.29 is 14.7 Å². The third-order valence-corrected chi connectivity index (χ3v) is 4.61. The summed E-state index contributed by atoms with van der Waals surface area (Å²) < 4.78 is 0. The van der Waals surface area contributed by atoms with Crippen LogP contribution in [0.4, 0.5) is 0 Å². The van der Waals surface area contributed by atoms with Gasteiger partial charge in [0, 0.05) is 17.4 Å². The van der Waals surface area contributed by atoms with Crippen molar-refractivity contribution in [3.8, 4) is 0 Å². The number of Topliss-reactive ketones (excluding diaryl/α,β-unsaturated/α-hetero) is 1. The van der Waals surface area contributed by atoms with Crippen LogP contribution in [-0.4, -0.2) is 23.2 Å². The van der Waals surface area contributed by atoms with Gasteiger partial charge in [-0.3, -0.25) is 4.79 Å². The summed E-state index contributed by atoms with van der Waals surface area (Å²) in [4.78, 5) is 17.8. The summed E-state index contributed by atoms with van der Waals surface area (Å²) in [5, 5.41) is 15.6. The molecule has 0 aromatic heterocycles. The number of rotatable bonds is 6. The Morgan fingerprint density at radius 2 is 2.24 bits per heavy atom. The van der Waals surface area contributed by atoms with E-state index in [-0.39, 0.29) is 29.6 Å². The van der Waals surface area contributed by atoms with Crippen LogP contribution in [0.15, 0.2) is 53.4 Å². The van der Waals surface area contributed by atoms with Crippen molar-refractivity contribution in [3.05, 3.63) is 58.8 Å². The van der Waals surface area contributed by atoms with E-state index in [9.17, 15) is 9.90 Å². The number of aliphatic hydroxyl groups excluding tert-OH is 1. The first kappa shape index (κ1) is 19.3. The van der Waals surface area contributed by atoms with Gasteiger partial charge in [-0.15, -0.1) is 0 Å². The van der Waals surface area contributed by atoms with E-state index in [0.29, 0.717) is 23.6 Å². The Morgan fingerprint density at radius 1 is 1.52 bits per heavy atom. The molecule has 1 aromatic carbocycles. The minimum atomic E-state index is -0.434. The lowest BCUT2D eigenvalue weighted by Crippen LogP contribution is -2.35. The Labute approximate surface area is 153 Å². The maximum absolute atomic E-state index is 12.7. The van der Waals surface area contributed by atoms with Gasteiger partial charge in [0.05, 0.1) is 11.3 Å². The minimum absolute atomic E-state index is 0.0336. The molecule has 0 heterocycles. The molecule has 0 saturated carbocycles. The highest BCUT2D eigenvalue weighted by atomic mass is 35.5. The van der Waals surface area contributed by atoms with E-state index in [1.165, 1.54) is 0 Å². The Kier molecular flexibility index (Phi) is 6.07. The van der Waals surface area contributed by atoms with Crippen LogP contribution in [0.3, 0.4) is 0 Å². The summed E-state index contributed by atoms with van der Waals surface area (Å²) in [6.45, 7) is 9.63. The summed E-state index contributed by atoms with van der Waals surface area (Å²) >= 11 is 6.13. The highest BCUT2D eigenvalue weighted by Crippen LogP contribution is 2.48. The number of oxime groups is 1. The van der Waals surface area contributed by atoms with Gasteiger partial charge in [-0.25, -0.2) is 0 Å². The van der Waals surface area contributed by atoms with Crippen molar-refractivity contribution in [3.63, 3.8) is 0 Å². The molecule has 0 amide bonds. The normalized spacial score (nSPS) is 20.6. The molecule has 0 saturated heterocycles. The van der Waals surface area contributed by atoms with Crippen LogP contribution in [0.25, 0.3) is 0 Å². The second-order valence-electron chi connectivity index (χ2n) is 6.81. The van der Waals surface area contributed by atoms with Gasteiger partial charge in [0.2, 0.25) is 0 Å². The van der Waals surface area contributed by atoms with Crippen LogP contribution in [0.1, 0.15) is 45.1 Å². The Bertz CT molecular complexity index is 734. The molecule has 0 spiro atoms. The standard InChI is InChI=1S/C20H24ClNO3/c1-5-10-25-22-15(6-2)17-16(23)12-20(3,4)18(19(17)24)13-8-7-9-14(21)11-13/h5,7-9,11,18,24H,1,6,10,12H2,2-4H3. The summed E-state index contributed by atoms with van der Waals surface area (Å²) in [5.74, 6) is -0.426. The predicted octanol–water partition coefficient (Wildman–Crippen LogP) is 5.20. The fraction of sp³-hybridized carbons (Fsp3) is 0.400. The third kappa shape index (κ3) is 4.13. The molecule has 134 valence electrons. The number of aliphatic hydroxyl groups is 1. The van der Waals surface area contributed by atoms with E-state index < -0.39 is 5.41 Å². The van der Waals surface area contributed by atoms with Crippen molar-refractivity contribution in [1.29, 1.82) is 0 Å². The van der Waals surface area contributed by atoms with Gasteiger partial charge in [0.25, 0.3) is 0 Å². The topological polar surface area (TPSA) is 58.9 Å². The van der Waals surface area contributed by atoms with Crippen molar-refractivity contribution in [2.45, 2.75) is 39.5 Å². The van der Waals surface area contributed by atoms with Crippen molar-refractivity contribution in [1.82, 2.24) is 0 Å². The number of carbonyl (C=O) groups excluding carboxylic acids is 1. The minimum Gasteiger partial charge on any atom is -0.511 e. The fourth-order valence-corrected chi connectivity index (χ4v) is 3.52. The van der Waals surface area contributed by atoms with Gasteiger partial charge in [-0.1, -0.05) is 62.3 Å². The third-order valence-electron chi connectivity index (χ3n) is 4.38. The van der Waals surface area contributed by atoms with Gasteiger partial charge >= 0.3 is 0 Å². The van der Waals surface area contributed by atoms with Crippen LogP contribution in [0.5, 0.6) is 0 Å². The highest BCUT2D eigenvalue weighted by molar-refractivity contribution is 6.30. The van der Waals surface area contributed by atoms with Crippen LogP contribution in [0.2, 0.25) is 5.02 Å². The number of ketones is 1. The average molecular weight is 362 g/mol. The zero-order valence-corrected chi connectivity index (χ0v) is 15.6. The van der Waals surface area contributed by atoms with Crippen LogP contribution in [-0.2, 0) is 9.63 Å². The lowest BCUT2D eigenvalue weighted by Gasteiger charge is -2.38. The van der Waals surface area contributed by atoms with E-state index in [1.54, 1.807) is 12.1 Å². The molecular weight excluding hydrogens is 338 g/mol. The molecule has 0 radical (unpaired) electrons. The lowest BCUT2D eigenvalue weighted by atomic mass is 9.65. The van der Waals surface area contributed by atoms with Gasteiger partial charge < -0.3 is 9.94 Å². The lowest BCUT2D eigenvalue weighted by molar-refractivity contribution is -0.118. The fourth-order valence-electron chi connectivity index (χ4n) is 3.32. The average Bonchev–Trinajstić information content (AvgIpc) is 2.52. The molecule has 25 heavy (non-hydrogen) atoms. The molecule has 5 heteroatoms. The van der Waals surface area contributed by atoms with Crippen molar-refractivity contribution in [2.75, 3.05) is 6.61 Å². The first-order chi connectivity index (χ1) is 11.8. The smallest absolute Gasteiger partial charge is 0.168 e. The molecule has 1 unspecified atom stereocenters. The molecule has 1 aliphatic rings. The van der Waals surface area contributed by atoms with Gasteiger partial charge in [0.15, 0.2) is 5.78 Å². The molecule has 1 aliphatic carbocycles. The van der Waals surface area contributed by atoms with E-state index in [4.69, 9.17) is 16.4 Å². The number of carbonyl (C=O) groups is 1. The number of benzene rings is 1. The van der Waals surface area contributed by atoms with Crippen LogP contribution >= 0.6 is 11.6 Å². The SMILES string of the molecule is C=CCON=C(CC)C1=C(O)C(c2cccc(Cl)c2)C(C)(C)CC1=O. The van der Waals surface area contributed by atoms with E-state index in [0.717, 1.165) is 5.56 Å². The number of halogens is 1. The molecule has 1 N–H and O–H groups in total. The van der Waals surface area contributed by atoms with Crippen molar-refractivity contribution in [2.24, 2.45) is 10.6 Å². The molecule has 0 aliphatic heterocycles. The largest absolute Gasteiger partial charge is 0.511 e. The predicted molar refractivity (Wildman–Crippen MR) is 101 cm³/mol. The first-order valence-electron chi connectivity index (χ1n) is 8.33. The van der Waals surface area contributed by atoms with E-state index in [1.807, 2.05) is 39.0 Å². The van der Waals surface area contributed by atoms with E-state index >= 15 is 0 Å². The molecule has 0 bridgehead atoms. The molecule has 2 rings (SSSR count).